The summed E-state index contributed by atoms with van der Waals surface area (Å²) in [4.78, 5) is 15.1. The van der Waals surface area contributed by atoms with E-state index in [0.717, 1.165) is 19.3 Å². The summed E-state index contributed by atoms with van der Waals surface area (Å²) >= 11 is 0. The Bertz CT molecular complexity index is 546. The number of aromatic carboxylic acids is 1. The number of pyridine rings is 1. The molecule has 0 aliphatic heterocycles. The van der Waals surface area contributed by atoms with Crippen LogP contribution < -0.4 is 0 Å². The van der Waals surface area contributed by atoms with Crippen LogP contribution in [0.2, 0.25) is 0 Å². The van der Waals surface area contributed by atoms with E-state index in [1.54, 1.807) is 6.07 Å². The van der Waals surface area contributed by atoms with Crippen LogP contribution in [0.5, 0.6) is 0 Å². The highest BCUT2D eigenvalue weighted by molar-refractivity contribution is 5.87. The maximum Gasteiger partial charge on any atom is 0.335 e. The first-order valence-electron chi connectivity index (χ1n) is 6.07. The van der Waals surface area contributed by atoms with Crippen LogP contribution in [-0.2, 0) is 6.42 Å². The molecule has 0 atom stereocenters. The molecule has 0 aliphatic carbocycles. The van der Waals surface area contributed by atoms with Crippen molar-refractivity contribution in [3.8, 4) is 5.82 Å². The van der Waals surface area contributed by atoms with Crippen LogP contribution >= 0.6 is 0 Å². The lowest BCUT2D eigenvalue weighted by atomic mass is 10.2. The van der Waals surface area contributed by atoms with E-state index in [1.807, 2.05) is 23.0 Å². The van der Waals surface area contributed by atoms with Gasteiger partial charge in [-0.05, 0) is 36.6 Å². The molecule has 0 aliphatic rings. The fourth-order valence-electron chi connectivity index (χ4n) is 1.80. The molecule has 4 heteroatoms. The van der Waals surface area contributed by atoms with Crippen LogP contribution in [0.25, 0.3) is 5.82 Å². The molecule has 0 saturated heterocycles. The van der Waals surface area contributed by atoms with Gasteiger partial charge in [0.15, 0.2) is 0 Å². The number of hydrogen-bond donors (Lipinski definition) is 1. The summed E-state index contributed by atoms with van der Waals surface area (Å²) in [7, 11) is 0. The molecule has 4 nitrogen and oxygen atoms in total. The average molecular weight is 244 g/mol. The molecule has 0 aromatic carbocycles. The standard InChI is InChI=1S/C14H16N2O2/c1-2-3-4-11-6-8-16(10-11)13-9-12(14(17)18)5-7-15-13/h5-10H,2-4H2,1H3,(H,17,18). The molecule has 0 amide bonds. The molecule has 0 unspecified atom stereocenters. The van der Waals surface area contributed by atoms with Gasteiger partial charge in [-0.3, -0.25) is 0 Å². The van der Waals surface area contributed by atoms with Crippen LogP contribution in [0, 0.1) is 0 Å². The van der Waals surface area contributed by atoms with Gasteiger partial charge in [-0.1, -0.05) is 13.3 Å². The second-order valence-electron chi connectivity index (χ2n) is 4.24. The largest absolute Gasteiger partial charge is 0.478 e. The maximum atomic E-state index is 10.9. The zero-order valence-corrected chi connectivity index (χ0v) is 10.3. The normalized spacial score (nSPS) is 10.5. The molecule has 18 heavy (non-hydrogen) atoms. The van der Waals surface area contributed by atoms with Crippen molar-refractivity contribution in [1.82, 2.24) is 9.55 Å². The molecule has 0 spiro atoms. The van der Waals surface area contributed by atoms with Crippen molar-refractivity contribution in [2.45, 2.75) is 26.2 Å². The Kier molecular flexibility index (Phi) is 3.77. The third kappa shape index (κ3) is 2.77. The van der Waals surface area contributed by atoms with E-state index < -0.39 is 5.97 Å². The predicted octanol–water partition coefficient (Wildman–Crippen LogP) is 2.91. The molecular formula is C14H16N2O2. The van der Waals surface area contributed by atoms with Crippen LogP contribution in [0.3, 0.4) is 0 Å². The van der Waals surface area contributed by atoms with E-state index in [-0.39, 0.29) is 5.56 Å². The van der Waals surface area contributed by atoms with Gasteiger partial charge >= 0.3 is 5.97 Å². The zero-order chi connectivity index (χ0) is 13.0. The lowest BCUT2D eigenvalue weighted by Gasteiger charge is -2.02. The zero-order valence-electron chi connectivity index (χ0n) is 10.3. The third-order valence-electron chi connectivity index (χ3n) is 2.83. The Morgan fingerprint density at radius 1 is 1.44 bits per heavy atom. The number of hydrogen-bond acceptors (Lipinski definition) is 2. The molecule has 0 fully saturated rings. The summed E-state index contributed by atoms with van der Waals surface area (Å²) < 4.78 is 1.86. The first kappa shape index (κ1) is 12.4. The number of carbonyl (C=O) groups is 1. The quantitative estimate of drug-likeness (QED) is 0.879. The van der Waals surface area contributed by atoms with Crippen molar-refractivity contribution in [3.63, 3.8) is 0 Å². The van der Waals surface area contributed by atoms with E-state index >= 15 is 0 Å². The molecule has 2 rings (SSSR count). The fourth-order valence-corrected chi connectivity index (χ4v) is 1.80. The molecule has 2 aromatic rings. The highest BCUT2D eigenvalue weighted by Gasteiger charge is 2.06. The number of unbranched alkanes of at least 4 members (excludes halogenated alkanes) is 1. The minimum Gasteiger partial charge on any atom is -0.478 e. The van der Waals surface area contributed by atoms with Crippen molar-refractivity contribution < 1.29 is 9.90 Å². The van der Waals surface area contributed by atoms with Gasteiger partial charge in [0.05, 0.1) is 5.56 Å². The number of aromatic nitrogens is 2. The number of carboxylic acid groups (broad SMARTS) is 1. The lowest BCUT2D eigenvalue weighted by Crippen LogP contribution is -2.00. The van der Waals surface area contributed by atoms with Gasteiger partial charge in [0.25, 0.3) is 0 Å². The van der Waals surface area contributed by atoms with E-state index in [9.17, 15) is 4.79 Å². The van der Waals surface area contributed by atoms with E-state index in [4.69, 9.17) is 5.11 Å². The fraction of sp³-hybridized carbons (Fsp3) is 0.286. The van der Waals surface area contributed by atoms with Crippen LogP contribution in [0.4, 0.5) is 0 Å². The van der Waals surface area contributed by atoms with Crippen molar-refractivity contribution in [2.24, 2.45) is 0 Å². The topological polar surface area (TPSA) is 55.1 Å². The first-order chi connectivity index (χ1) is 8.70. The molecule has 2 heterocycles. The Hall–Kier alpha value is -2.10. The van der Waals surface area contributed by atoms with Gasteiger partial charge in [-0.15, -0.1) is 0 Å². The molecular weight excluding hydrogens is 228 g/mol. The highest BCUT2D eigenvalue weighted by Crippen LogP contribution is 2.12. The SMILES string of the molecule is CCCCc1ccn(-c2cc(C(=O)O)ccn2)c1. The van der Waals surface area contributed by atoms with Gasteiger partial charge < -0.3 is 9.67 Å². The summed E-state index contributed by atoms with van der Waals surface area (Å²) in [5.41, 5.74) is 1.50. The number of nitrogens with zero attached hydrogens (tertiary/aromatic N) is 2. The Morgan fingerprint density at radius 2 is 2.28 bits per heavy atom. The monoisotopic (exact) mass is 244 g/mol. The number of carboxylic acids is 1. The van der Waals surface area contributed by atoms with E-state index in [1.165, 1.54) is 17.8 Å². The summed E-state index contributed by atoms with van der Waals surface area (Å²) in [6.07, 6.45) is 8.81. The summed E-state index contributed by atoms with van der Waals surface area (Å²) in [6.45, 7) is 2.16. The Labute approximate surface area is 106 Å². The molecule has 1 N–H and O–H groups in total. The second kappa shape index (κ2) is 5.49. The van der Waals surface area contributed by atoms with Crippen molar-refractivity contribution in [2.75, 3.05) is 0 Å². The van der Waals surface area contributed by atoms with Gasteiger partial charge in [0, 0.05) is 18.6 Å². The second-order valence-corrected chi connectivity index (χ2v) is 4.24. The summed E-state index contributed by atoms with van der Waals surface area (Å²) in [5, 5.41) is 8.94. The van der Waals surface area contributed by atoms with Gasteiger partial charge in [0.1, 0.15) is 5.82 Å². The number of aryl methyl sites for hydroxylation is 1. The molecule has 0 saturated carbocycles. The van der Waals surface area contributed by atoms with Gasteiger partial charge in [-0.25, -0.2) is 9.78 Å². The Balaban J connectivity index is 2.23. The van der Waals surface area contributed by atoms with Gasteiger partial charge in [-0.2, -0.15) is 0 Å². The summed E-state index contributed by atoms with van der Waals surface area (Å²) in [5.74, 6) is -0.297. The smallest absolute Gasteiger partial charge is 0.335 e. The first-order valence-corrected chi connectivity index (χ1v) is 6.07. The van der Waals surface area contributed by atoms with Crippen LogP contribution in [0.1, 0.15) is 35.7 Å². The van der Waals surface area contributed by atoms with E-state index in [2.05, 4.69) is 11.9 Å². The maximum absolute atomic E-state index is 10.9. The minimum atomic E-state index is -0.933. The molecule has 94 valence electrons. The average Bonchev–Trinajstić information content (AvgIpc) is 2.85. The van der Waals surface area contributed by atoms with E-state index in [0.29, 0.717) is 5.82 Å². The lowest BCUT2D eigenvalue weighted by molar-refractivity contribution is 0.0696. The van der Waals surface area contributed by atoms with Crippen molar-refractivity contribution in [1.29, 1.82) is 0 Å². The summed E-state index contributed by atoms with van der Waals surface area (Å²) in [6, 6.07) is 5.12. The Morgan fingerprint density at radius 3 is 3.00 bits per heavy atom. The van der Waals surface area contributed by atoms with Crippen molar-refractivity contribution in [3.05, 3.63) is 47.9 Å². The molecule has 0 radical (unpaired) electrons. The highest BCUT2D eigenvalue weighted by atomic mass is 16.4. The third-order valence-corrected chi connectivity index (χ3v) is 2.83. The van der Waals surface area contributed by atoms with Crippen molar-refractivity contribution >= 4 is 5.97 Å². The molecule has 0 bridgehead atoms. The van der Waals surface area contributed by atoms with Crippen LogP contribution in [0.15, 0.2) is 36.8 Å². The predicted molar refractivity (Wildman–Crippen MR) is 69.1 cm³/mol. The number of rotatable bonds is 5. The van der Waals surface area contributed by atoms with Gasteiger partial charge in [0.2, 0.25) is 0 Å². The minimum absolute atomic E-state index is 0.254. The molecule has 2 aromatic heterocycles. The van der Waals surface area contributed by atoms with Crippen LogP contribution in [-0.4, -0.2) is 20.6 Å².